The van der Waals surface area contributed by atoms with Gasteiger partial charge in [0.1, 0.15) is 11.6 Å². The van der Waals surface area contributed by atoms with Gasteiger partial charge >= 0.3 is 6.03 Å². The summed E-state index contributed by atoms with van der Waals surface area (Å²) < 4.78 is 27.9. The van der Waals surface area contributed by atoms with Gasteiger partial charge in [-0.15, -0.1) is 0 Å². The number of nitrogens with one attached hydrogen (secondary N) is 4. The Bertz CT molecular complexity index is 1500. The maximum absolute atomic E-state index is 14.1. The Balaban J connectivity index is 1.24. The summed E-state index contributed by atoms with van der Waals surface area (Å²) in [5, 5.41) is 8.39. The highest BCUT2D eigenvalue weighted by Gasteiger charge is 2.33. The molecule has 1 aliphatic rings. The number of hydrogen-bond donors (Lipinski definition) is 6. The summed E-state index contributed by atoms with van der Waals surface area (Å²) in [6, 6.07) is 8.21. The number of carbonyl (C=O) groups excluding carboxylic acids is 2. The van der Waals surface area contributed by atoms with Crippen LogP contribution in [0.4, 0.5) is 19.5 Å². The monoisotopic (exact) mass is 567 g/mol. The SMILES string of the molecule is Cc1cc(F)c(C(=O)N2CC(NC(=O)Nc3ncc(-c4ccc(CNCCCN=C(N)N)cc4)c(=O)[nH]3)C2)cc1F. The van der Waals surface area contributed by atoms with Crippen molar-refractivity contribution in [1.29, 1.82) is 0 Å². The van der Waals surface area contributed by atoms with Crippen LogP contribution in [0.15, 0.2) is 52.4 Å². The number of aromatic nitrogens is 2. The normalized spacial score (nSPS) is 12.9. The molecule has 1 aromatic heterocycles. The van der Waals surface area contributed by atoms with E-state index in [1.807, 2.05) is 24.3 Å². The summed E-state index contributed by atoms with van der Waals surface area (Å²) in [7, 11) is 0. The summed E-state index contributed by atoms with van der Waals surface area (Å²) in [5.41, 5.74) is 11.9. The fourth-order valence-electron chi connectivity index (χ4n) is 4.16. The molecule has 14 heteroatoms. The van der Waals surface area contributed by atoms with E-state index in [0.29, 0.717) is 24.2 Å². The third-order valence-electron chi connectivity index (χ3n) is 6.41. The van der Waals surface area contributed by atoms with Gasteiger partial charge in [-0.3, -0.25) is 24.9 Å². The molecular weight excluding hydrogens is 536 g/mol. The molecule has 1 fully saturated rings. The first-order valence-corrected chi connectivity index (χ1v) is 12.9. The van der Waals surface area contributed by atoms with Crippen molar-refractivity contribution in [2.45, 2.75) is 25.9 Å². The zero-order valence-corrected chi connectivity index (χ0v) is 22.3. The molecule has 0 saturated carbocycles. The van der Waals surface area contributed by atoms with Gasteiger partial charge in [0, 0.05) is 32.4 Å². The van der Waals surface area contributed by atoms with Crippen molar-refractivity contribution >= 4 is 23.8 Å². The van der Waals surface area contributed by atoms with E-state index in [9.17, 15) is 23.2 Å². The van der Waals surface area contributed by atoms with Crippen molar-refractivity contribution in [3.8, 4) is 11.1 Å². The van der Waals surface area contributed by atoms with Gasteiger partial charge in [-0.1, -0.05) is 24.3 Å². The maximum Gasteiger partial charge on any atom is 0.321 e. The molecule has 2 heterocycles. The van der Waals surface area contributed by atoms with Crippen molar-refractivity contribution in [2.24, 2.45) is 16.5 Å². The summed E-state index contributed by atoms with van der Waals surface area (Å²) in [6.45, 7) is 3.58. The highest BCUT2D eigenvalue weighted by Crippen LogP contribution is 2.20. The Hall–Kier alpha value is -4.85. The Morgan fingerprint density at radius 1 is 1.15 bits per heavy atom. The molecule has 0 spiro atoms. The van der Waals surface area contributed by atoms with E-state index in [4.69, 9.17) is 11.5 Å². The van der Waals surface area contributed by atoms with E-state index >= 15 is 0 Å². The molecule has 216 valence electrons. The molecule has 0 atom stereocenters. The number of aliphatic imine (C=N–C) groups is 1. The van der Waals surface area contributed by atoms with E-state index in [1.165, 1.54) is 18.0 Å². The Morgan fingerprint density at radius 2 is 1.88 bits per heavy atom. The van der Waals surface area contributed by atoms with Crippen molar-refractivity contribution in [3.63, 3.8) is 0 Å². The molecule has 0 radical (unpaired) electrons. The second-order valence-corrected chi connectivity index (χ2v) is 9.60. The molecule has 3 aromatic rings. The highest BCUT2D eigenvalue weighted by atomic mass is 19.1. The number of nitrogens with zero attached hydrogens (tertiary/aromatic N) is 3. The van der Waals surface area contributed by atoms with Crippen LogP contribution in [0, 0.1) is 18.6 Å². The van der Waals surface area contributed by atoms with Crippen molar-refractivity contribution in [3.05, 3.63) is 81.3 Å². The van der Waals surface area contributed by atoms with Crippen molar-refractivity contribution in [2.75, 3.05) is 31.5 Å². The third kappa shape index (κ3) is 7.63. The molecule has 8 N–H and O–H groups in total. The zero-order valence-electron chi connectivity index (χ0n) is 22.3. The summed E-state index contributed by atoms with van der Waals surface area (Å²) in [5.74, 6) is -2.12. The molecule has 0 unspecified atom stereocenters. The van der Waals surface area contributed by atoms with E-state index in [1.54, 1.807) is 0 Å². The van der Waals surface area contributed by atoms with E-state index < -0.39 is 35.2 Å². The number of aryl methyl sites for hydroxylation is 1. The Kier molecular flexibility index (Phi) is 9.24. The maximum atomic E-state index is 14.1. The van der Waals surface area contributed by atoms with Gasteiger partial charge in [-0.25, -0.2) is 18.6 Å². The standard InChI is InChI=1S/C27H31F2N9O3/c1-15-9-22(29)19(10-21(15)28)24(40)38-13-18(14-38)35-27(41)37-26-34-12-20(23(39)36-26)17-5-3-16(4-6-17)11-32-7-2-8-33-25(30)31/h3-6,9-10,12,18,32H,2,7-8,11,13-14H2,1H3,(H4,30,31,33)(H3,34,35,36,37,39,41). The smallest absolute Gasteiger partial charge is 0.321 e. The number of aromatic amines is 1. The quantitative estimate of drug-likeness (QED) is 0.122. The predicted octanol–water partition coefficient (Wildman–Crippen LogP) is 1.42. The van der Waals surface area contributed by atoms with Gasteiger partial charge in [0.2, 0.25) is 5.95 Å². The largest absolute Gasteiger partial charge is 0.370 e. The second-order valence-electron chi connectivity index (χ2n) is 9.60. The van der Waals surface area contributed by atoms with E-state index in [0.717, 1.165) is 30.7 Å². The summed E-state index contributed by atoms with van der Waals surface area (Å²) in [6.07, 6.45) is 2.16. The van der Waals surface area contributed by atoms with Gasteiger partial charge in [-0.05, 0) is 48.7 Å². The lowest BCUT2D eigenvalue weighted by Gasteiger charge is -2.39. The molecule has 12 nitrogen and oxygen atoms in total. The Labute approximate surface area is 234 Å². The van der Waals surface area contributed by atoms with Crippen LogP contribution in [0.25, 0.3) is 11.1 Å². The van der Waals surface area contributed by atoms with Crippen LogP contribution in [-0.4, -0.2) is 65.0 Å². The van der Waals surface area contributed by atoms with Gasteiger partial charge in [0.05, 0.1) is 17.2 Å². The average molecular weight is 568 g/mol. The number of rotatable bonds is 10. The third-order valence-corrected chi connectivity index (χ3v) is 6.41. The lowest BCUT2D eigenvalue weighted by Crippen LogP contribution is -2.61. The van der Waals surface area contributed by atoms with E-state index in [-0.39, 0.29) is 36.1 Å². The molecule has 3 amide bonds. The van der Waals surface area contributed by atoms with Crippen molar-refractivity contribution in [1.82, 2.24) is 25.5 Å². The van der Waals surface area contributed by atoms with Crippen LogP contribution >= 0.6 is 0 Å². The van der Waals surface area contributed by atoms with Crippen molar-refractivity contribution < 1.29 is 18.4 Å². The van der Waals surface area contributed by atoms with Crippen LogP contribution < -0.4 is 33.0 Å². The topological polar surface area (TPSA) is 184 Å². The first-order valence-electron chi connectivity index (χ1n) is 12.9. The molecule has 1 aliphatic heterocycles. The number of amides is 3. The summed E-state index contributed by atoms with van der Waals surface area (Å²) in [4.78, 5) is 49.3. The fourth-order valence-corrected chi connectivity index (χ4v) is 4.16. The minimum Gasteiger partial charge on any atom is -0.370 e. The van der Waals surface area contributed by atoms with Crippen LogP contribution in [0.2, 0.25) is 0 Å². The number of anilines is 1. The number of urea groups is 1. The number of H-pyrrole nitrogens is 1. The predicted molar refractivity (Wildman–Crippen MR) is 150 cm³/mol. The fraction of sp³-hybridized carbons (Fsp3) is 0.296. The van der Waals surface area contributed by atoms with Gasteiger partial charge < -0.3 is 27.0 Å². The molecule has 4 rings (SSSR count). The molecule has 0 bridgehead atoms. The van der Waals surface area contributed by atoms with Crippen LogP contribution in [0.3, 0.4) is 0 Å². The highest BCUT2D eigenvalue weighted by molar-refractivity contribution is 5.95. The molecule has 1 saturated heterocycles. The summed E-state index contributed by atoms with van der Waals surface area (Å²) >= 11 is 0. The van der Waals surface area contributed by atoms with Gasteiger partial charge in [-0.2, -0.15) is 0 Å². The molecule has 41 heavy (non-hydrogen) atoms. The number of halogens is 2. The second kappa shape index (κ2) is 13.0. The number of carbonyl (C=O) groups is 2. The number of guanidine groups is 1. The number of benzene rings is 2. The molecule has 2 aromatic carbocycles. The van der Waals surface area contributed by atoms with Crippen LogP contribution in [0.5, 0.6) is 0 Å². The Morgan fingerprint density at radius 3 is 2.56 bits per heavy atom. The number of nitrogens with two attached hydrogens (primary N) is 2. The number of likely N-dealkylation sites (tertiary alicyclic amines) is 1. The minimum atomic E-state index is -0.804. The lowest BCUT2D eigenvalue weighted by molar-refractivity contribution is 0.0574. The van der Waals surface area contributed by atoms with Crippen LogP contribution in [0.1, 0.15) is 27.9 Å². The van der Waals surface area contributed by atoms with E-state index in [2.05, 4.69) is 30.9 Å². The first-order chi connectivity index (χ1) is 19.6. The minimum absolute atomic E-state index is 0.0535. The number of hydrogen-bond acceptors (Lipinski definition) is 6. The molecular formula is C27H31F2N9O3. The van der Waals surface area contributed by atoms with Crippen LogP contribution in [-0.2, 0) is 6.54 Å². The zero-order chi connectivity index (χ0) is 29.5. The first kappa shape index (κ1) is 29.1. The lowest BCUT2D eigenvalue weighted by atomic mass is 10.0. The van der Waals surface area contributed by atoms with Gasteiger partial charge in [0.25, 0.3) is 11.5 Å². The average Bonchev–Trinajstić information content (AvgIpc) is 2.90. The molecule has 0 aliphatic carbocycles. The van der Waals surface area contributed by atoms with Gasteiger partial charge in [0.15, 0.2) is 5.96 Å².